The minimum atomic E-state index is -6.01. The molecule has 0 heterocycles. The third kappa shape index (κ3) is 6.39. The van der Waals surface area contributed by atoms with Crippen molar-refractivity contribution < 1.29 is 30.0 Å². The van der Waals surface area contributed by atoms with E-state index >= 15 is 0 Å². The lowest BCUT2D eigenvalue weighted by Gasteiger charge is -2.40. The fourth-order valence-corrected chi connectivity index (χ4v) is 8.32. The SMILES string of the molecule is CN(C)c1ccc(S(OS(=O)(=O)C(F)(F)F)(c2ccc(OC(C)(C)C)cc2)c2ccc(N(C)C)cc2)cc1. The Labute approximate surface area is 224 Å². The quantitative estimate of drug-likeness (QED) is 0.270. The monoisotopic (exact) mass is 570 g/mol. The van der Waals surface area contributed by atoms with Gasteiger partial charge in [0.25, 0.3) is 0 Å². The van der Waals surface area contributed by atoms with Gasteiger partial charge in [-0.1, -0.05) is 0 Å². The van der Waals surface area contributed by atoms with Gasteiger partial charge >= 0.3 is 15.6 Å². The summed E-state index contributed by atoms with van der Waals surface area (Å²) in [5.41, 5.74) is -4.55. The first-order chi connectivity index (χ1) is 17.5. The summed E-state index contributed by atoms with van der Waals surface area (Å²) in [7, 11) is -2.12. The molecule has 11 heteroatoms. The van der Waals surface area contributed by atoms with Crippen LogP contribution in [-0.4, -0.2) is 47.7 Å². The number of halogens is 3. The molecule has 0 aliphatic carbocycles. The predicted octanol–water partition coefficient (Wildman–Crippen LogP) is 7.06. The van der Waals surface area contributed by atoms with Crippen molar-refractivity contribution in [1.29, 1.82) is 0 Å². The van der Waals surface area contributed by atoms with E-state index in [1.807, 2.05) is 58.8 Å². The zero-order valence-electron chi connectivity index (χ0n) is 22.4. The largest absolute Gasteiger partial charge is 0.524 e. The summed E-state index contributed by atoms with van der Waals surface area (Å²) >= 11 is 0. The first-order valence-electron chi connectivity index (χ1n) is 11.7. The van der Waals surface area contributed by atoms with Crippen LogP contribution in [0.1, 0.15) is 20.8 Å². The summed E-state index contributed by atoms with van der Waals surface area (Å²) in [6.07, 6.45) is 0. The molecule has 0 atom stereocenters. The molecule has 3 aromatic carbocycles. The van der Waals surface area contributed by atoms with Gasteiger partial charge in [0.15, 0.2) is 0 Å². The second kappa shape index (κ2) is 10.7. The second-order valence-corrected chi connectivity index (χ2v) is 14.4. The molecule has 0 N–H and O–H groups in total. The van der Waals surface area contributed by atoms with Gasteiger partial charge in [0.1, 0.15) is 11.4 Å². The summed E-state index contributed by atoms with van der Waals surface area (Å²) in [6, 6.07) is 19.6. The highest BCUT2D eigenvalue weighted by Crippen LogP contribution is 2.71. The fraction of sp³-hybridized carbons (Fsp3) is 0.333. The highest BCUT2D eigenvalue weighted by molar-refractivity contribution is 8.33. The molecule has 0 aromatic heterocycles. The molecule has 208 valence electrons. The Hall–Kier alpha value is -2.89. The number of alkyl halides is 3. The molecule has 0 aliphatic rings. The zero-order valence-corrected chi connectivity index (χ0v) is 24.0. The molecule has 0 saturated carbocycles. The number of hydrogen-bond donors (Lipinski definition) is 0. The summed E-state index contributed by atoms with van der Waals surface area (Å²) in [5, 5.41) is 0. The fourth-order valence-electron chi connectivity index (χ4n) is 3.62. The van der Waals surface area contributed by atoms with Gasteiger partial charge in [-0.3, -0.25) is 0 Å². The van der Waals surface area contributed by atoms with Gasteiger partial charge in [-0.2, -0.15) is 25.2 Å². The molecular formula is C27H33F3N2O4S2. The van der Waals surface area contributed by atoms with Crippen molar-refractivity contribution in [3.8, 4) is 5.75 Å². The highest BCUT2D eigenvalue weighted by Gasteiger charge is 2.52. The number of anilines is 2. The van der Waals surface area contributed by atoms with Gasteiger partial charge in [0, 0.05) is 54.3 Å². The lowest BCUT2D eigenvalue weighted by atomic mass is 10.2. The highest BCUT2D eigenvalue weighted by atomic mass is 32.3. The summed E-state index contributed by atoms with van der Waals surface area (Å²) < 4.78 is 77.8. The Kier molecular flexibility index (Phi) is 8.35. The Morgan fingerprint density at radius 2 is 0.974 bits per heavy atom. The molecule has 0 spiro atoms. The third-order valence-electron chi connectivity index (χ3n) is 5.42. The van der Waals surface area contributed by atoms with Gasteiger partial charge in [-0.05, 0) is 104 Å². The summed E-state index contributed by atoms with van der Waals surface area (Å²) in [6.45, 7) is 5.61. The van der Waals surface area contributed by atoms with Crippen LogP contribution < -0.4 is 14.5 Å². The van der Waals surface area contributed by atoms with Crippen LogP contribution in [0.25, 0.3) is 0 Å². The van der Waals surface area contributed by atoms with Crippen LogP contribution in [0.5, 0.6) is 5.75 Å². The molecule has 0 bridgehead atoms. The van der Waals surface area contributed by atoms with E-state index in [4.69, 9.17) is 8.37 Å². The molecule has 0 amide bonds. The molecule has 3 rings (SSSR count). The average molecular weight is 571 g/mol. The van der Waals surface area contributed by atoms with Crippen LogP contribution in [0, 0.1) is 0 Å². The lowest BCUT2D eigenvalue weighted by molar-refractivity contribution is -0.0496. The average Bonchev–Trinajstić information content (AvgIpc) is 2.81. The molecule has 6 nitrogen and oxygen atoms in total. The number of rotatable bonds is 8. The van der Waals surface area contributed by atoms with E-state index < -0.39 is 31.5 Å². The van der Waals surface area contributed by atoms with E-state index in [0.29, 0.717) is 5.75 Å². The Bertz CT molecular complexity index is 1280. The van der Waals surface area contributed by atoms with Crippen LogP contribution >= 0.6 is 10.3 Å². The van der Waals surface area contributed by atoms with E-state index in [1.165, 1.54) is 0 Å². The first-order valence-corrected chi connectivity index (χ1v) is 14.6. The van der Waals surface area contributed by atoms with Crippen molar-refractivity contribution in [2.24, 2.45) is 0 Å². The summed E-state index contributed by atoms with van der Waals surface area (Å²) in [5.74, 6) is 0.485. The van der Waals surface area contributed by atoms with Crippen molar-refractivity contribution in [2.75, 3.05) is 38.0 Å². The maximum Gasteiger partial charge on any atom is 0.524 e. The normalized spacial score (nSPS) is 13.2. The van der Waals surface area contributed by atoms with E-state index in [0.717, 1.165) is 11.4 Å². The van der Waals surface area contributed by atoms with Crippen LogP contribution in [-0.2, 0) is 13.7 Å². The van der Waals surface area contributed by atoms with E-state index in [9.17, 15) is 21.6 Å². The molecular weight excluding hydrogens is 537 g/mol. The number of nitrogens with zero attached hydrogens (tertiary/aromatic N) is 2. The van der Waals surface area contributed by atoms with Crippen LogP contribution in [0.4, 0.5) is 24.5 Å². The van der Waals surface area contributed by atoms with Crippen molar-refractivity contribution >= 4 is 31.8 Å². The minimum Gasteiger partial charge on any atom is -0.488 e. The lowest BCUT2D eigenvalue weighted by Crippen LogP contribution is -2.27. The predicted molar refractivity (Wildman–Crippen MR) is 147 cm³/mol. The van der Waals surface area contributed by atoms with Gasteiger partial charge < -0.3 is 14.5 Å². The maximum absolute atomic E-state index is 13.8. The second-order valence-electron chi connectivity index (χ2n) is 9.99. The Balaban J connectivity index is 2.36. The van der Waals surface area contributed by atoms with Gasteiger partial charge in [0.05, 0.1) is 0 Å². The van der Waals surface area contributed by atoms with Crippen LogP contribution in [0.3, 0.4) is 0 Å². The molecule has 0 radical (unpaired) electrons. The summed E-state index contributed by atoms with van der Waals surface area (Å²) in [4.78, 5) is 4.51. The molecule has 0 fully saturated rings. The Morgan fingerprint density at radius 3 is 1.26 bits per heavy atom. The van der Waals surface area contributed by atoms with Crippen LogP contribution in [0.2, 0.25) is 0 Å². The van der Waals surface area contributed by atoms with E-state index in [2.05, 4.69) is 0 Å². The van der Waals surface area contributed by atoms with Gasteiger partial charge in [0.2, 0.25) is 0 Å². The van der Waals surface area contributed by atoms with E-state index in [-0.39, 0.29) is 14.7 Å². The van der Waals surface area contributed by atoms with Crippen molar-refractivity contribution in [3.05, 3.63) is 72.8 Å². The zero-order chi connectivity index (χ0) is 28.5. The standard InChI is InChI=1S/C27H33F3N2O4S2/c1-26(2,3)35-22-12-18-25(19-13-22)37(36-38(33,34)27(28,29)30,23-14-8-20(9-15-23)31(4)5)24-16-10-21(11-17-24)32(6)7/h8-19H,1-7H3. The Morgan fingerprint density at radius 1 is 0.632 bits per heavy atom. The third-order valence-corrected chi connectivity index (χ3v) is 10.3. The number of ether oxygens (including phenoxy) is 1. The van der Waals surface area contributed by atoms with Gasteiger partial charge in [-0.15, -0.1) is 0 Å². The topological polar surface area (TPSA) is 59.1 Å². The maximum atomic E-state index is 13.8. The molecule has 0 aliphatic heterocycles. The first kappa shape index (κ1) is 29.7. The van der Waals surface area contributed by atoms with Crippen molar-refractivity contribution in [2.45, 2.75) is 46.6 Å². The smallest absolute Gasteiger partial charge is 0.488 e. The van der Waals surface area contributed by atoms with Crippen LogP contribution in [0.15, 0.2) is 87.5 Å². The molecule has 38 heavy (non-hydrogen) atoms. The molecule has 3 aromatic rings. The molecule has 0 saturated heterocycles. The minimum absolute atomic E-state index is 0.266. The van der Waals surface area contributed by atoms with Gasteiger partial charge in [-0.25, -0.2) is 0 Å². The van der Waals surface area contributed by atoms with Crippen molar-refractivity contribution in [1.82, 2.24) is 0 Å². The number of hydrogen-bond acceptors (Lipinski definition) is 6. The molecule has 0 unspecified atom stereocenters. The van der Waals surface area contributed by atoms with E-state index in [1.54, 1.807) is 72.8 Å². The number of benzene rings is 3. The van der Waals surface area contributed by atoms with Crippen molar-refractivity contribution in [3.63, 3.8) is 0 Å².